The highest BCUT2D eigenvalue weighted by atomic mass is 19.1. The van der Waals surface area contributed by atoms with Crippen LogP contribution in [0.25, 0.3) is 11.4 Å². The lowest BCUT2D eigenvalue weighted by Crippen LogP contribution is -2.01. The Labute approximate surface area is 150 Å². The summed E-state index contributed by atoms with van der Waals surface area (Å²) in [7, 11) is 4.65. The molecule has 0 radical (unpaired) electrons. The van der Waals surface area contributed by atoms with Crippen LogP contribution in [0.2, 0.25) is 0 Å². The Morgan fingerprint density at radius 2 is 1.65 bits per heavy atom. The summed E-state index contributed by atoms with van der Waals surface area (Å²) in [5.74, 6) is 2.42. The second kappa shape index (κ2) is 7.73. The third kappa shape index (κ3) is 3.69. The van der Waals surface area contributed by atoms with Crippen molar-refractivity contribution in [2.45, 2.75) is 6.54 Å². The number of benzene rings is 2. The predicted octanol–water partition coefficient (Wildman–Crippen LogP) is 3.25. The molecule has 136 valence electrons. The third-order valence-corrected chi connectivity index (χ3v) is 3.76. The molecule has 1 aromatic heterocycles. The van der Waals surface area contributed by atoms with Gasteiger partial charge in [0.2, 0.25) is 5.75 Å². The van der Waals surface area contributed by atoms with Crippen LogP contribution >= 0.6 is 0 Å². The van der Waals surface area contributed by atoms with Crippen LogP contribution in [0.1, 0.15) is 5.82 Å². The highest BCUT2D eigenvalue weighted by molar-refractivity contribution is 5.66. The number of methoxy groups -OCH3 is 3. The topological polar surface area (TPSA) is 81.3 Å². The van der Waals surface area contributed by atoms with E-state index in [9.17, 15) is 4.39 Å². The lowest BCUT2D eigenvalue weighted by molar-refractivity contribution is 0.324. The smallest absolute Gasteiger partial charge is 0.203 e. The summed E-state index contributed by atoms with van der Waals surface area (Å²) in [6.45, 7) is 0.420. The molecule has 7 nitrogen and oxygen atoms in total. The summed E-state index contributed by atoms with van der Waals surface area (Å²) in [6, 6.07) is 9.66. The number of anilines is 1. The first-order valence-electron chi connectivity index (χ1n) is 7.85. The van der Waals surface area contributed by atoms with Gasteiger partial charge in [-0.3, -0.25) is 5.10 Å². The molecule has 0 aliphatic rings. The average molecular weight is 358 g/mol. The van der Waals surface area contributed by atoms with Crippen molar-refractivity contribution < 1.29 is 18.6 Å². The maximum absolute atomic E-state index is 12.9. The van der Waals surface area contributed by atoms with Crippen LogP contribution < -0.4 is 19.5 Å². The van der Waals surface area contributed by atoms with E-state index in [1.165, 1.54) is 12.1 Å². The maximum atomic E-state index is 12.9. The molecule has 0 saturated heterocycles. The van der Waals surface area contributed by atoms with Crippen LogP contribution in [0.15, 0.2) is 36.4 Å². The van der Waals surface area contributed by atoms with Gasteiger partial charge >= 0.3 is 0 Å². The fourth-order valence-electron chi connectivity index (χ4n) is 2.47. The maximum Gasteiger partial charge on any atom is 0.203 e. The number of nitrogens with one attached hydrogen (secondary N) is 2. The Morgan fingerprint density at radius 3 is 2.23 bits per heavy atom. The molecule has 0 amide bonds. The summed E-state index contributed by atoms with van der Waals surface area (Å²) >= 11 is 0. The highest BCUT2D eigenvalue weighted by Gasteiger charge is 2.16. The molecule has 2 N–H and O–H groups in total. The zero-order valence-corrected chi connectivity index (χ0v) is 14.7. The quantitative estimate of drug-likeness (QED) is 0.675. The number of ether oxygens (including phenoxy) is 3. The van der Waals surface area contributed by atoms with Crippen molar-refractivity contribution in [2.75, 3.05) is 26.6 Å². The summed E-state index contributed by atoms with van der Waals surface area (Å²) in [5.41, 5.74) is 1.51. The van der Waals surface area contributed by atoms with Crippen molar-refractivity contribution >= 4 is 5.69 Å². The van der Waals surface area contributed by atoms with Crippen molar-refractivity contribution in [3.8, 4) is 28.6 Å². The zero-order valence-electron chi connectivity index (χ0n) is 14.7. The molecule has 0 atom stereocenters. The SMILES string of the molecule is COc1cc(-c2n[nH]c(CNc3ccc(F)cc3)n2)cc(OC)c1OC. The van der Waals surface area contributed by atoms with Gasteiger partial charge in [0, 0.05) is 11.3 Å². The molecule has 26 heavy (non-hydrogen) atoms. The number of hydrogen-bond acceptors (Lipinski definition) is 6. The average Bonchev–Trinajstić information content (AvgIpc) is 3.15. The van der Waals surface area contributed by atoms with Crippen molar-refractivity contribution in [2.24, 2.45) is 0 Å². The summed E-state index contributed by atoms with van der Waals surface area (Å²) in [5, 5.41) is 10.3. The third-order valence-electron chi connectivity index (χ3n) is 3.76. The summed E-state index contributed by atoms with van der Waals surface area (Å²) in [6.07, 6.45) is 0. The first kappa shape index (κ1) is 17.5. The van der Waals surface area contributed by atoms with Gasteiger partial charge in [0.1, 0.15) is 11.6 Å². The second-order valence-corrected chi connectivity index (χ2v) is 5.38. The molecule has 0 saturated carbocycles. The molecule has 3 aromatic rings. The molecule has 0 fully saturated rings. The van der Waals surface area contributed by atoms with Crippen molar-refractivity contribution in [1.29, 1.82) is 0 Å². The van der Waals surface area contributed by atoms with Gasteiger partial charge in [0.25, 0.3) is 0 Å². The highest BCUT2D eigenvalue weighted by Crippen LogP contribution is 2.40. The Morgan fingerprint density at radius 1 is 1.00 bits per heavy atom. The first-order chi connectivity index (χ1) is 12.6. The first-order valence-corrected chi connectivity index (χ1v) is 7.85. The van der Waals surface area contributed by atoms with Gasteiger partial charge in [0.05, 0.1) is 27.9 Å². The van der Waals surface area contributed by atoms with Gasteiger partial charge in [-0.15, -0.1) is 0 Å². The fourth-order valence-corrected chi connectivity index (χ4v) is 2.47. The van der Waals surface area contributed by atoms with E-state index in [1.807, 2.05) is 0 Å². The number of hydrogen-bond donors (Lipinski definition) is 2. The number of aromatic amines is 1. The standard InChI is InChI=1S/C18H19FN4O3/c1-24-14-8-11(9-15(25-2)17(14)26-3)18-21-16(22-23-18)10-20-13-6-4-12(19)5-7-13/h4-9,20H,10H2,1-3H3,(H,21,22,23). The largest absolute Gasteiger partial charge is 0.493 e. The van der Waals surface area contributed by atoms with E-state index in [2.05, 4.69) is 20.5 Å². The van der Waals surface area contributed by atoms with Gasteiger partial charge in [0.15, 0.2) is 17.3 Å². The minimum atomic E-state index is -0.278. The molecule has 0 unspecified atom stereocenters. The van der Waals surface area contributed by atoms with Gasteiger partial charge in [-0.1, -0.05) is 0 Å². The molecule has 8 heteroatoms. The van der Waals surface area contributed by atoms with Gasteiger partial charge < -0.3 is 19.5 Å². The van der Waals surface area contributed by atoms with Gasteiger partial charge in [-0.05, 0) is 36.4 Å². The monoisotopic (exact) mass is 358 g/mol. The number of H-pyrrole nitrogens is 1. The Bertz CT molecular complexity index is 855. The van der Waals surface area contributed by atoms with E-state index < -0.39 is 0 Å². The van der Waals surface area contributed by atoms with E-state index in [0.717, 1.165) is 11.3 Å². The van der Waals surface area contributed by atoms with Crippen molar-refractivity contribution in [3.63, 3.8) is 0 Å². The molecule has 0 spiro atoms. The number of halogens is 1. The number of rotatable bonds is 7. The minimum Gasteiger partial charge on any atom is -0.493 e. The van der Waals surface area contributed by atoms with Crippen molar-refractivity contribution in [3.05, 3.63) is 48.0 Å². The Balaban J connectivity index is 1.79. The normalized spacial score (nSPS) is 10.5. The van der Waals surface area contributed by atoms with E-state index in [4.69, 9.17) is 14.2 Å². The molecule has 3 rings (SSSR count). The number of nitrogens with zero attached hydrogens (tertiary/aromatic N) is 2. The fraction of sp³-hybridized carbons (Fsp3) is 0.222. The molecule has 0 aliphatic carbocycles. The number of aromatic nitrogens is 3. The minimum absolute atomic E-state index is 0.278. The second-order valence-electron chi connectivity index (χ2n) is 5.38. The molecule has 0 bridgehead atoms. The van der Waals surface area contributed by atoms with E-state index in [0.29, 0.717) is 35.4 Å². The lowest BCUT2D eigenvalue weighted by atomic mass is 10.1. The van der Waals surface area contributed by atoms with Crippen LogP contribution in [0.5, 0.6) is 17.2 Å². The van der Waals surface area contributed by atoms with E-state index >= 15 is 0 Å². The van der Waals surface area contributed by atoms with Crippen molar-refractivity contribution in [1.82, 2.24) is 15.2 Å². The van der Waals surface area contributed by atoms with Crippen LogP contribution in [-0.4, -0.2) is 36.5 Å². The predicted molar refractivity (Wildman–Crippen MR) is 95.2 cm³/mol. The van der Waals surface area contributed by atoms with Gasteiger partial charge in [-0.2, -0.15) is 5.10 Å². The molecule has 2 aromatic carbocycles. The van der Waals surface area contributed by atoms with E-state index in [1.54, 1.807) is 45.6 Å². The van der Waals surface area contributed by atoms with Crippen LogP contribution in [0.3, 0.4) is 0 Å². The summed E-state index contributed by atoms with van der Waals surface area (Å²) < 4.78 is 28.9. The zero-order chi connectivity index (χ0) is 18.5. The Hall–Kier alpha value is -3.29. The summed E-state index contributed by atoms with van der Waals surface area (Å²) in [4.78, 5) is 4.46. The molecular formula is C18H19FN4O3. The lowest BCUT2D eigenvalue weighted by Gasteiger charge is -2.12. The molecule has 1 heterocycles. The van der Waals surface area contributed by atoms with E-state index in [-0.39, 0.29) is 5.82 Å². The van der Waals surface area contributed by atoms with Gasteiger partial charge in [-0.25, -0.2) is 9.37 Å². The van der Waals surface area contributed by atoms with Crippen LogP contribution in [0, 0.1) is 5.82 Å². The molecule has 0 aliphatic heterocycles. The van der Waals surface area contributed by atoms with Crippen LogP contribution in [0.4, 0.5) is 10.1 Å². The molecular weight excluding hydrogens is 339 g/mol. The van der Waals surface area contributed by atoms with Crippen LogP contribution in [-0.2, 0) is 6.54 Å². The Kier molecular flexibility index (Phi) is 5.21.